The summed E-state index contributed by atoms with van der Waals surface area (Å²) in [5.74, 6) is 0.210. The number of aromatic nitrogens is 1. The van der Waals surface area contributed by atoms with E-state index in [0.717, 1.165) is 43.0 Å². The zero-order chi connectivity index (χ0) is 23.1. The third-order valence-corrected chi connectivity index (χ3v) is 7.13. The molecule has 5 rings (SSSR count). The summed E-state index contributed by atoms with van der Waals surface area (Å²) in [5, 5.41) is 7.39. The quantitative estimate of drug-likeness (QED) is 0.483. The molecule has 2 aliphatic rings. The first kappa shape index (κ1) is 21.7. The van der Waals surface area contributed by atoms with E-state index in [1.54, 1.807) is 6.07 Å². The first-order valence-electron chi connectivity index (χ1n) is 11.4. The maximum Gasteiger partial charge on any atom is 0.416 e. The molecule has 0 unspecified atom stereocenters. The molecule has 0 bridgehead atoms. The highest BCUT2D eigenvalue weighted by molar-refractivity contribution is 5.81. The number of carbonyl (C=O) groups is 1. The maximum atomic E-state index is 13.4. The Morgan fingerprint density at radius 1 is 1.00 bits per heavy atom. The van der Waals surface area contributed by atoms with Crippen LogP contribution in [0, 0.1) is 5.92 Å². The first-order chi connectivity index (χ1) is 15.9. The zero-order valence-electron chi connectivity index (χ0n) is 18.1. The second kappa shape index (κ2) is 8.36. The van der Waals surface area contributed by atoms with Crippen LogP contribution < -0.4 is 5.32 Å². The van der Waals surface area contributed by atoms with E-state index in [1.807, 2.05) is 36.4 Å². The van der Waals surface area contributed by atoms with Crippen molar-refractivity contribution >= 4 is 5.91 Å². The summed E-state index contributed by atoms with van der Waals surface area (Å²) < 4.78 is 45.3. The van der Waals surface area contributed by atoms with Crippen molar-refractivity contribution in [1.29, 1.82) is 0 Å². The molecule has 0 saturated heterocycles. The van der Waals surface area contributed by atoms with Crippen LogP contribution in [0.2, 0.25) is 0 Å². The highest BCUT2D eigenvalue weighted by Crippen LogP contribution is 2.45. The Morgan fingerprint density at radius 3 is 2.48 bits per heavy atom. The number of benzene rings is 2. The summed E-state index contributed by atoms with van der Waals surface area (Å²) >= 11 is 0. The van der Waals surface area contributed by atoms with Crippen molar-refractivity contribution in [2.75, 3.05) is 0 Å². The van der Waals surface area contributed by atoms with Crippen molar-refractivity contribution < 1.29 is 22.5 Å². The van der Waals surface area contributed by atoms with Gasteiger partial charge in [-0.05, 0) is 49.8 Å². The minimum Gasteiger partial charge on any atom is -0.356 e. The van der Waals surface area contributed by atoms with Crippen molar-refractivity contribution in [1.82, 2.24) is 10.5 Å². The lowest BCUT2D eigenvalue weighted by atomic mass is 9.71. The molecule has 3 aromatic rings. The average Bonchev–Trinajstić information content (AvgIpc) is 3.46. The Balaban J connectivity index is 1.35. The van der Waals surface area contributed by atoms with Gasteiger partial charge in [0.25, 0.3) is 0 Å². The van der Waals surface area contributed by atoms with Crippen molar-refractivity contribution in [2.24, 2.45) is 5.92 Å². The number of hydrogen-bond acceptors (Lipinski definition) is 3. The van der Waals surface area contributed by atoms with E-state index in [4.69, 9.17) is 4.52 Å². The van der Waals surface area contributed by atoms with Crippen LogP contribution in [0.1, 0.15) is 61.3 Å². The molecule has 1 aromatic heterocycles. The molecule has 1 heterocycles. The molecule has 2 saturated carbocycles. The number of halogens is 3. The Bertz CT molecular complexity index is 1140. The smallest absolute Gasteiger partial charge is 0.356 e. The Morgan fingerprint density at radius 2 is 1.79 bits per heavy atom. The topological polar surface area (TPSA) is 55.1 Å². The lowest BCUT2D eigenvalue weighted by Gasteiger charge is -2.44. The fourth-order valence-corrected chi connectivity index (χ4v) is 5.17. The third kappa shape index (κ3) is 4.16. The van der Waals surface area contributed by atoms with Gasteiger partial charge in [0.05, 0.1) is 16.8 Å². The maximum absolute atomic E-state index is 13.4. The van der Waals surface area contributed by atoms with Crippen molar-refractivity contribution in [2.45, 2.75) is 56.2 Å². The molecule has 1 amide bonds. The van der Waals surface area contributed by atoms with Gasteiger partial charge in [-0.2, -0.15) is 13.2 Å². The molecule has 0 aliphatic heterocycles. The Labute approximate surface area is 190 Å². The van der Waals surface area contributed by atoms with Crippen molar-refractivity contribution in [3.63, 3.8) is 0 Å². The molecule has 172 valence electrons. The number of nitrogens with one attached hydrogen (secondary N) is 1. The molecule has 2 aliphatic carbocycles. The number of rotatable bonds is 5. The van der Waals surface area contributed by atoms with Gasteiger partial charge >= 0.3 is 6.18 Å². The number of hydrogen-bond donors (Lipinski definition) is 1. The summed E-state index contributed by atoms with van der Waals surface area (Å²) in [6.07, 6.45) is 0.184. The summed E-state index contributed by atoms with van der Waals surface area (Å²) in [6, 6.07) is 16.9. The standard InChI is InChI=1S/C26H25F3N2O2/c27-26(28,29)19-10-4-9-18(15-19)25(13-6-14-25)30-24(32)21-12-5-11-20(21)22-16-23(33-31-22)17-7-2-1-3-8-17/h1-4,7-10,15-16,20-21H,5-6,11-14H2,(H,30,32)/t20-,21-/m1/s1. The molecule has 1 N–H and O–H groups in total. The van der Waals surface area contributed by atoms with Crippen LogP contribution in [0.5, 0.6) is 0 Å². The van der Waals surface area contributed by atoms with Crippen LogP contribution in [0.25, 0.3) is 11.3 Å². The van der Waals surface area contributed by atoms with E-state index >= 15 is 0 Å². The van der Waals surface area contributed by atoms with Crippen LogP contribution in [0.4, 0.5) is 13.2 Å². The van der Waals surface area contributed by atoms with E-state index in [2.05, 4.69) is 10.5 Å². The molecular weight excluding hydrogens is 429 g/mol. The fraction of sp³-hybridized carbons (Fsp3) is 0.385. The van der Waals surface area contributed by atoms with Crippen LogP contribution in [0.15, 0.2) is 65.2 Å². The second-order valence-electron chi connectivity index (χ2n) is 9.13. The Kier molecular flexibility index (Phi) is 5.51. The minimum absolute atomic E-state index is 0.0650. The normalized spacial score (nSPS) is 22.0. The predicted molar refractivity (Wildman–Crippen MR) is 117 cm³/mol. The summed E-state index contributed by atoms with van der Waals surface area (Å²) in [5.41, 5.74) is 0.792. The largest absolute Gasteiger partial charge is 0.416 e. The van der Waals surface area contributed by atoms with E-state index in [-0.39, 0.29) is 17.7 Å². The van der Waals surface area contributed by atoms with Crippen molar-refractivity contribution in [3.8, 4) is 11.3 Å². The van der Waals surface area contributed by atoms with Crippen LogP contribution in [-0.4, -0.2) is 11.1 Å². The SMILES string of the molecule is O=C(NC1(c2cccc(C(F)(F)F)c2)CCC1)[C@@H]1CCC[C@H]1c1cc(-c2ccccc2)on1. The lowest BCUT2D eigenvalue weighted by Crippen LogP contribution is -2.52. The van der Waals surface area contributed by atoms with Crippen LogP contribution in [0.3, 0.4) is 0 Å². The fourth-order valence-electron chi connectivity index (χ4n) is 5.17. The number of carbonyl (C=O) groups excluding carboxylic acids is 1. The van der Waals surface area contributed by atoms with E-state index in [1.165, 1.54) is 12.1 Å². The van der Waals surface area contributed by atoms with Gasteiger partial charge < -0.3 is 9.84 Å². The minimum atomic E-state index is -4.41. The van der Waals surface area contributed by atoms with E-state index in [0.29, 0.717) is 24.2 Å². The summed E-state index contributed by atoms with van der Waals surface area (Å²) in [7, 11) is 0. The highest BCUT2D eigenvalue weighted by Gasteiger charge is 2.45. The first-order valence-corrected chi connectivity index (χ1v) is 11.4. The summed E-state index contributed by atoms with van der Waals surface area (Å²) in [6.45, 7) is 0. The average molecular weight is 454 g/mol. The van der Waals surface area contributed by atoms with Crippen molar-refractivity contribution in [3.05, 3.63) is 77.5 Å². The zero-order valence-corrected chi connectivity index (χ0v) is 18.1. The van der Waals surface area contributed by atoms with Gasteiger partial charge in [0, 0.05) is 23.5 Å². The van der Waals surface area contributed by atoms with Crippen LogP contribution >= 0.6 is 0 Å². The van der Waals surface area contributed by atoms with Crippen LogP contribution in [-0.2, 0) is 16.5 Å². The highest BCUT2D eigenvalue weighted by atomic mass is 19.4. The van der Waals surface area contributed by atoms with Gasteiger partial charge in [-0.25, -0.2) is 0 Å². The molecular formula is C26H25F3N2O2. The number of nitrogens with zero attached hydrogens (tertiary/aromatic N) is 1. The molecule has 33 heavy (non-hydrogen) atoms. The van der Waals surface area contributed by atoms with E-state index in [9.17, 15) is 18.0 Å². The molecule has 4 nitrogen and oxygen atoms in total. The second-order valence-corrected chi connectivity index (χ2v) is 9.13. The number of alkyl halides is 3. The lowest BCUT2D eigenvalue weighted by molar-refractivity contribution is -0.137. The van der Waals surface area contributed by atoms with Gasteiger partial charge in [-0.15, -0.1) is 0 Å². The molecule has 2 atom stereocenters. The summed E-state index contributed by atoms with van der Waals surface area (Å²) in [4.78, 5) is 13.4. The van der Waals surface area contributed by atoms with Gasteiger partial charge in [-0.1, -0.05) is 54.0 Å². The van der Waals surface area contributed by atoms with E-state index < -0.39 is 17.3 Å². The Hall–Kier alpha value is -3.09. The third-order valence-electron chi connectivity index (χ3n) is 7.13. The van der Waals surface area contributed by atoms with Gasteiger partial charge in [0.15, 0.2) is 5.76 Å². The molecule has 2 aromatic carbocycles. The molecule has 0 spiro atoms. The predicted octanol–water partition coefficient (Wildman–Crippen LogP) is 6.44. The van der Waals surface area contributed by atoms with Gasteiger partial charge in [0.2, 0.25) is 5.91 Å². The van der Waals surface area contributed by atoms with Gasteiger partial charge in [-0.3, -0.25) is 4.79 Å². The van der Waals surface area contributed by atoms with Gasteiger partial charge in [0.1, 0.15) is 0 Å². The molecule has 0 radical (unpaired) electrons. The molecule has 2 fully saturated rings. The number of amides is 1. The monoisotopic (exact) mass is 454 g/mol. The molecule has 7 heteroatoms.